The number of nitrogens with two attached hydrogens (primary N) is 1. The SMILES string of the molecule is CN1CCC(N(C)c2ncnc(NNC(=O)c3ccccc3Cl)c2N)CC1. The Kier molecular flexibility index (Phi) is 5.98. The Bertz CT molecular complexity index is 808. The Labute approximate surface area is 163 Å². The third-order valence-corrected chi connectivity index (χ3v) is 5.18. The number of nitrogens with zero attached hydrogens (tertiary/aromatic N) is 4. The van der Waals surface area contributed by atoms with E-state index in [1.807, 2.05) is 7.05 Å². The topological polar surface area (TPSA) is 99.4 Å². The zero-order valence-electron chi connectivity index (χ0n) is 15.4. The summed E-state index contributed by atoms with van der Waals surface area (Å²) in [6.45, 7) is 2.08. The van der Waals surface area contributed by atoms with Gasteiger partial charge in [-0.05, 0) is 45.1 Å². The molecule has 1 saturated heterocycles. The molecule has 144 valence electrons. The number of amides is 1. The van der Waals surface area contributed by atoms with Gasteiger partial charge in [0.2, 0.25) is 0 Å². The van der Waals surface area contributed by atoms with Gasteiger partial charge in [0.1, 0.15) is 12.0 Å². The summed E-state index contributed by atoms with van der Waals surface area (Å²) in [7, 11) is 4.11. The largest absolute Gasteiger partial charge is 0.393 e. The maximum absolute atomic E-state index is 12.3. The van der Waals surface area contributed by atoms with Gasteiger partial charge in [-0.2, -0.15) is 0 Å². The molecule has 2 heterocycles. The molecule has 0 aliphatic carbocycles. The van der Waals surface area contributed by atoms with Crippen molar-refractivity contribution in [3.05, 3.63) is 41.2 Å². The monoisotopic (exact) mass is 389 g/mol. The first-order valence-corrected chi connectivity index (χ1v) is 9.18. The first kappa shape index (κ1) is 19.2. The van der Waals surface area contributed by atoms with E-state index in [9.17, 15) is 4.79 Å². The summed E-state index contributed by atoms with van der Waals surface area (Å²) in [5.41, 5.74) is 12.4. The number of likely N-dealkylation sites (tertiary alicyclic amines) is 1. The molecule has 1 aliphatic rings. The lowest BCUT2D eigenvalue weighted by atomic mass is 10.0. The molecule has 0 radical (unpaired) electrons. The number of nitrogens with one attached hydrogen (secondary N) is 2. The number of halogens is 1. The van der Waals surface area contributed by atoms with E-state index in [2.05, 4.69) is 37.7 Å². The summed E-state index contributed by atoms with van der Waals surface area (Å²) in [6, 6.07) is 7.17. The lowest BCUT2D eigenvalue weighted by Gasteiger charge is -2.36. The second-order valence-corrected chi connectivity index (χ2v) is 7.07. The van der Waals surface area contributed by atoms with Gasteiger partial charge in [0.25, 0.3) is 5.91 Å². The van der Waals surface area contributed by atoms with Crippen LogP contribution in [0, 0.1) is 0 Å². The molecular weight excluding hydrogens is 366 g/mol. The second-order valence-electron chi connectivity index (χ2n) is 6.66. The number of nitrogen functional groups attached to an aromatic ring is 1. The van der Waals surface area contributed by atoms with Crippen molar-refractivity contribution in [1.29, 1.82) is 0 Å². The molecule has 2 aromatic rings. The first-order valence-electron chi connectivity index (χ1n) is 8.80. The van der Waals surface area contributed by atoms with Gasteiger partial charge in [0, 0.05) is 13.1 Å². The third kappa shape index (κ3) is 4.40. The van der Waals surface area contributed by atoms with Crippen LogP contribution in [0.3, 0.4) is 0 Å². The maximum Gasteiger partial charge on any atom is 0.271 e. The smallest absolute Gasteiger partial charge is 0.271 e. The van der Waals surface area contributed by atoms with E-state index >= 15 is 0 Å². The van der Waals surface area contributed by atoms with Gasteiger partial charge in [-0.15, -0.1) is 0 Å². The van der Waals surface area contributed by atoms with E-state index in [1.165, 1.54) is 6.33 Å². The van der Waals surface area contributed by atoms with Gasteiger partial charge in [-0.3, -0.25) is 15.6 Å². The molecule has 1 aromatic carbocycles. The average Bonchev–Trinajstić information content (AvgIpc) is 2.67. The Hall–Kier alpha value is -2.58. The van der Waals surface area contributed by atoms with Crippen LogP contribution in [0.4, 0.5) is 17.3 Å². The minimum Gasteiger partial charge on any atom is -0.393 e. The number of anilines is 3. The lowest BCUT2D eigenvalue weighted by Crippen LogP contribution is -2.42. The molecule has 1 aliphatic heterocycles. The zero-order valence-corrected chi connectivity index (χ0v) is 16.2. The van der Waals surface area contributed by atoms with Crippen molar-refractivity contribution in [3.63, 3.8) is 0 Å². The Morgan fingerprint density at radius 1 is 1.30 bits per heavy atom. The van der Waals surface area contributed by atoms with Gasteiger partial charge in [-0.1, -0.05) is 23.7 Å². The standard InChI is InChI=1S/C18H24ClN7O/c1-25-9-7-12(8-10-25)26(2)17-15(20)16(21-11-22-17)23-24-18(27)13-5-3-4-6-14(13)19/h3-6,11-12H,7-10,20H2,1-2H3,(H,24,27)(H,21,22,23). The molecule has 0 saturated carbocycles. The van der Waals surface area contributed by atoms with Crippen molar-refractivity contribution >= 4 is 34.8 Å². The molecule has 27 heavy (non-hydrogen) atoms. The van der Waals surface area contributed by atoms with Crippen molar-refractivity contribution < 1.29 is 4.79 Å². The van der Waals surface area contributed by atoms with Crippen molar-refractivity contribution in [2.45, 2.75) is 18.9 Å². The van der Waals surface area contributed by atoms with Crippen molar-refractivity contribution in [1.82, 2.24) is 20.3 Å². The van der Waals surface area contributed by atoms with Crippen LogP contribution < -0.4 is 21.5 Å². The van der Waals surface area contributed by atoms with E-state index in [0.29, 0.717) is 34.0 Å². The minimum absolute atomic E-state index is 0.347. The number of hydrogen-bond acceptors (Lipinski definition) is 7. The summed E-state index contributed by atoms with van der Waals surface area (Å²) in [4.78, 5) is 25.2. The van der Waals surface area contributed by atoms with Crippen LogP contribution in [0.2, 0.25) is 5.02 Å². The van der Waals surface area contributed by atoms with Crippen LogP contribution in [0.25, 0.3) is 0 Å². The number of aromatic nitrogens is 2. The van der Waals surface area contributed by atoms with Gasteiger partial charge in [-0.25, -0.2) is 9.97 Å². The lowest BCUT2D eigenvalue weighted by molar-refractivity contribution is 0.0962. The highest BCUT2D eigenvalue weighted by molar-refractivity contribution is 6.33. The first-order chi connectivity index (χ1) is 13.0. The molecule has 1 aromatic heterocycles. The van der Waals surface area contributed by atoms with Crippen molar-refractivity contribution in [3.8, 4) is 0 Å². The van der Waals surface area contributed by atoms with Crippen LogP contribution in [0.1, 0.15) is 23.2 Å². The summed E-state index contributed by atoms with van der Waals surface area (Å²) in [6.07, 6.45) is 3.52. The quantitative estimate of drug-likeness (QED) is 0.672. The molecule has 0 unspecified atom stereocenters. The number of carbonyl (C=O) groups is 1. The number of hydrogen-bond donors (Lipinski definition) is 3. The van der Waals surface area contributed by atoms with Crippen LogP contribution in [-0.4, -0.2) is 54.0 Å². The van der Waals surface area contributed by atoms with Crippen LogP contribution >= 0.6 is 11.6 Å². The fourth-order valence-corrected chi connectivity index (χ4v) is 3.37. The average molecular weight is 390 g/mol. The van der Waals surface area contributed by atoms with Crippen molar-refractivity contribution in [2.75, 3.05) is 43.2 Å². The maximum atomic E-state index is 12.3. The predicted molar refractivity (Wildman–Crippen MR) is 108 cm³/mol. The minimum atomic E-state index is -0.371. The van der Waals surface area contributed by atoms with Crippen LogP contribution in [0.15, 0.2) is 30.6 Å². The molecule has 9 heteroatoms. The number of piperidine rings is 1. The molecule has 8 nitrogen and oxygen atoms in total. The fraction of sp³-hybridized carbons (Fsp3) is 0.389. The molecule has 1 fully saturated rings. The Balaban J connectivity index is 1.69. The third-order valence-electron chi connectivity index (χ3n) is 4.85. The molecule has 0 bridgehead atoms. The highest BCUT2D eigenvalue weighted by Crippen LogP contribution is 2.28. The second kappa shape index (κ2) is 8.41. The highest BCUT2D eigenvalue weighted by atomic mass is 35.5. The molecule has 3 rings (SSSR count). The van der Waals surface area contributed by atoms with Gasteiger partial charge in [0.05, 0.1) is 10.6 Å². The molecular formula is C18H24ClN7O. The molecule has 1 amide bonds. The van der Waals surface area contributed by atoms with Gasteiger partial charge >= 0.3 is 0 Å². The number of rotatable bonds is 5. The van der Waals surface area contributed by atoms with Gasteiger partial charge < -0.3 is 15.5 Å². The number of hydrazine groups is 1. The highest BCUT2D eigenvalue weighted by Gasteiger charge is 2.24. The normalized spacial score (nSPS) is 15.4. The summed E-state index contributed by atoms with van der Waals surface area (Å²) < 4.78 is 0. The molecule has 0 spiro atoms. The zero-order chi connectivity index (χ0) is 19.4. The fourth-order valence-electron chi connectivity index (χ4n) is 3.15. The van der Waals surface area contributed by atoms with E-state index in [0.717, 1.165) is 25.9 Å². The van der Waals surface area contributed by atoms with Crippen molar-refractivity contribution in [2.24, 2.45) is 0 Å². The van der Waals surface area contributed by atoms with E-state index in [4.69, 9.17) is 17.3 Å². The molecule has 4 N–H and O–H groups in total. The Morgan fingerprint density at radius 3 is 2.70 bits per heavy atom. The summed E-state index contributed by atoms with van der Waals surface area (Å²) >= 11 is 6.05. The predicted octanol–water partition coefficient (Wildman–Crippen LogP) is 2.00. The number of carbonyl (C=O) groups excluding carboxylic acids is 1. The van der Waals surface area contributed by atoms with E-state index < -0.39 is 0 Å². The van der Waals surface area contributed by atoms with Crippen LogP contribution in [-0.2, 0) is 0 Å². The molecule has 0 atom stereocenters. The summed E-state index contributed by atoms with van der Waals surface area (Å²) in [5, 5.41) is 0.371. The van der Waals surface area contributed by atoms with Crippen LogP contribution in [0.5, 0.6) is 0 Å². The van der Waals surface area contributed by atoms with E-state index in [1.54, 1.807) is 24.3 Å². The Morgan fingerprint density at radius 2 is 2.00 bits per heavy atom. The summed E-state index contributed by atoms with van der Waals surface area (Å²) in [5.74, 6) is 0.623. The number of benzene rings is 1. The van der Waals surface area contributed by atoms with Gasteiger partial charge in [0.15, 0.2) is 11.6 Å². The van der Waals surface area contributed by atoms with E-state index in [-0.39, 0.29) is 5.91 Å².